The molecule has 3 N–H and O–H groups in total. The van der Waals surface area contributed by atoms with Crippen molar-refractivity contribution in [2.24, 2.45) is 0 Å². The molecule has 0 aliphatic rings. The monoisotopic (exact) mass is 728 g/mol. The zero-order valence-electron chi connectivity index (χ0n) is 29.5. The number of carbonyl (C=O) groups is 3. The second-order valence-corrected chi connectivity index (χ2v) is 11.6. The number of hydrogen-bond acceptors (Lipinski definition) is 5. The first-order chi connectivity index (χ1) is 25.9. The Morgan fingerprint density at radius 3 is 2.00 bits per heavy atom. The number of halogens is 1. The Balaban J connectivity index is 0.00000119. The van der Waals surface area contributed by atoms with Crippen molar-refractivity contribution >= 4 is 35.6 Å². The van der Waals surface area contributed by atoms with Crippen LogP contribution < -0.4 is 20.1 Å². The maximum Gasteiger partial charge on any atom is 0.290 e. The van der Waals surface area contributed by atoms with E-state index in [0.29, 0.717) is 41.6 Å². The van der Waals surface area contributed by atoms with Crippen molar-refractivity contribution in [1.29, 1.82) is 0 Å². The molecule has 8 nitrogen and oxygen atoms in total. The van der Waals surface area contributed by atoms with Crippen LogP contribution in [0.1, 0.15) is 45.7 Å². The van der Waals surface area contributed by atoms with Crippen LogP contribution in [0.3, 0.4) is 0 Å². The Bertz CT molecular complexity index is 2040. The third-order valence-corrected chi connectivity index (χ3v) is 7.90. The number of nitrogens with one attached hydrogen (secondary N) is 2. The molecule has 6 aromatic carbocycles. The summed E-state index contributed by atoms with van der Waals surface area (Å²) in [6.45, 7) is 4.58. The first-order valence-corrected chi connectivity index (χ1v) is 17.5. The third-order valence-electron chi connectivity index (χ3n) is 7.66. The van der Waals surface area contributed by atoms with E-state index in [1.54, 1.807) is 42.5 Å². The van der Waals surface area contributed by atoms with Gasteiger partial charge in [-0.15, -0.1) is 0 Å². The van der Waals surface area contributed by atoms with Gasteiger partial charge in [-0.1, -0.05) is 116 Å². The van der Waals surface area contributed by atoms with Crippen molar-refractivity contribution in [3.8, 4) is 28.4 Å². The van der Waals surface area contributed by atoms with Crippen LogP contribution >= 0.6 is 11.6 Å². The van der Waals surface area contributed by atoms with Crippen LogP contribution in [0, 0.1) is 0 Å². The quantitative estimate of drug-likeness (QED) is 0.108. The summed E-state index contributed by atoms with van der Waals surface area (Å²) in [5.74, 6) is 1.52. The van der Waals surface area contributed by atoms with Crippen molar-refractivity contribution in [3.05, 3.63) is 179 Å². The van der Waals surface area contributed by atoms with E-state index < -0.39 is 0 Å². The van der Waals surface area contributed by atoms with Crippen molar-refractivity contribution in [2.75, 3.05) is 11.9 Å². The molecule has 0 heterocycles. The summed E-state index contributed by atoms with van der Waals surface area (Å²) in [5.41, 5.74) is 5.22. The van der Waals surface area contributed by atoms with Gasteiger partial charge in [0, 0.05) is 22.7 Å². The summed E-state index contributed by atoms with van der Waals surface area (Å²) >= 11 is 6.24. The number of hydrogen-bond donors (Lipinski definition) is 3. The molecule has 0 fully saturated rings. The van der Waals surface area contributed by atoms with Crippen molar-refractivity contribution < 1.29 is 29.0 Å². The van der Waals surface area contributed by atoms with Gasteiger partial charge in [-0.25, -0.2) is 0 Å². The average molecular weight is 729 g/mol. The Hall–Kier alpha value is -6.38. The lowest BCUT2D eigenvalue weighted by Gasteiger charge is -2.13. The molecule has 0 saturated carbocycles. The van der Waals surface area contributed by atoms with Gasteiger partial charge in [-0.3, -0.25) is 14.4 Å². The summed E-state index contributed by atoms with van der Waals surface area (Å²) in [6.07, 6.45) is 0.620. The second-order valence-electron chi connectivity index (χ2n) is 11.2. The largest absolute Gasteiger partial charge is 0.489 e. The topological polar surface area (TPSA) is 114 Å². The molecule has 6 rings (SSSR count). The summed E-state index contributed by atoms with van der Waals surface area (Å²) in [5, 5.41) is 13.1. The highest BCUT2D eigenvalue weighted by Crippen LogP contribution is 2.33. The molecule has 6 aromatic rings. The summed E-state index contributed by atoms with van der Waals surface area (Å²) in [6, 6.07) is 47.4. The van der Waals surface area contributed by atoms with Crippen LogP contribution in [-0.4, -0.2) is 29.9 Å². The van der Waals surface area contributed by atoms with E-state index in [-0.39, 0.29) is 23.9 Å². The van der Waals surface area contributed by atoms with Crippen LogP contribution in [0.4, 0.5) is 5.69 Å². The number of ether oxygens (including phenoxy) is 2. The Kier molecular flexibility index (Phi) is 15.7. The molecular formula is C44H41ClN2O6. The minimum Gasteiger partial charge on any atom is -0.489 e. The number of para-hydroxylation sites is 2. The van der Waals surface area contributed by atoms with E-state index in [1.165, 1.54) is 0 Å². The van der Waals surface area contributed by atoms with Gasteiger partial charge in [0.25, 0.3) is 18.3 Å². The summed E-state index contributed by atoms with van der Waals surface area (Å²) in [4.78, 5) is 34.7. The van der Waals surface area contributed by atoms with E-state index >= 15 is 0 Å². The van der Waals surface area contributed by atoms with Gasteiger partial charge in [0.1, 0.15) is 23.9 Å². The highest BCUT2D eigenvalue weighted by Gasteiger charge is 2.16. The fourth-order valence-electron chi connectivity index (χ4n) is 5.13. The number of carbonyl (C=O) groups excluding carboxylic acids is 2. The maximum absolute atomic E-state index is 13.2. The van der Waals surface area contributed by atoms with Crippen LogP contribution in [0.15, 0.2) is 152 Å². The minimum atomic E-state index is -0.350. The van der Waals surface area contributed by atoms with Crippen molar-refractivity contribution in [2.45, 2.75) is 26.9 Å². The van der Waals surface area contributed by atoms with Gasteiger partial charge < -0.3 is 25.2 Å². The standard InChI is InChI=1S/C41H33ClN2O4.C2H6.CH2O2/c42-33-21-24-38(44-40(45)32-19-22-34(23-20-32)47-28-30-9-3-1-4-10-30)37(27-33)41(46)43-26-25-29-15-17-31(18-16-29)36-13-7-8-14-39(36)48-35-11-5-2-6-12-35;1-2;2-1-3/h1-24,27H,25-26,28H2,(H,43,46)(H,44,45);1-2H3;1H,(H,2,3). The van der Waals surface area contributed by atoms with Gasteiger partial charge in [-0.2, -0.15) is 0 Å². The fourth-order valence-corrected chi connectivity index (χ4v) is 5.30. The zero-order valence-corrected chi connectivity index (χ0v) is 30.3. The number of carboxylic acid groups (broad SMARTS) is 1. The second kappa shape index (κ2) is 21.1. The van der Waals surface area contributed by atoms with Crippen molar-refractivity contribution in [1.82, 2.24) is 5.32 Å². The molecule has 9 heteroatoms. The van der Waals surface area contributed by atoms with Crippen LogP contribution in [0.2, 0.25) is 5.02 Å². The van der Waals surface area contributed by atoms with E-state index in [9.17, 15) is 9.59 Å². The SMILES string of the molecule is CC.O=C(Nc1ccc(Cl)cc1C(=O)NCCc1ccc(-c2ccccc2Oc2ccccc2)cc1)c1ccc(OCc2ccccc2)cc1.O=CO. The molecule has 0 saturated heterocycles. The van der Waals surface area contributed by atoms with Crippen molar-refractivity contribution in [3.63, 3.8) is 0 Å². The third kappa shape index (κ3) is 12.1. The van der Waals surface area contributed by atoms with Gasteiger partial charge in [0.15, 0.2) is 0 Å². The van der Waals surface area contributed by atoms with Crippen LogP contribution in [-0.2, 0) is 17.8 Å². The van der Waals surface area contributed by atoms with Gasteiger partial charge >= 0.3 is 0 Å². The lowest BCUT2D eigenvalue weighted by Crippen LogP contribution is -2.27. The van der Waals surface area contributed by atoms with Crippen LogP contribution in [0.5, 0.6) is 17.2 Å². The molecule has 2 amide bonds. The molecule has 0 unspecified atom stereocenters. The molecule has 53 heavy (non-hydrogen) atoms. The molecule has 0 aromatic heterocycles. The van der Waals surface area contributed by atoms with Gasteiger partial charge in [0.05, 0.1) is 11.3 Å². The summed E-state index contributed by atoms with van der Waals surface area (Å²) < 4.78 is 12.0. The molecule has 0 aliphatic heterocycles. The van der Waals surface area contributed by atoms with Gasteiger partial charge in [0.2, 0.25) is 0 Å². The molecule has 0 spiro atoms. The molecule has 0 aliphatic carbocycles. The molecule has 0 bridgehead atoms. The fraction of sp³-hybridized carbons (Fsp3) is 0.114. The Morgan fingerprint density at radius 2 is 1.32 bits per heavy atom. The molecule has 0 radical (unpaired) electrons. The highest BCUT2D eigenvalue weighted by atomic mass is 35.5. The summed E-state index contributed by atoms with van der Waals surface area (Å²) in [7, 11) is 0. The molecule has 270 valence electrons. The number of amides is 2. The normalized spacial score (nSPS) is 9.94. The lowest BCUT2D eigenvalue weighted by atomic mass is 10.0. The Labute approximate surface area is 315 Å². The van der Waals surface area contributed by atoms with E-state index in [0.717, 1.165) is 33.8 Å². The van der Waals surface area contributed by atoms with E-state index in [2.05, 4.69) is 22.8 Å². The predicted molar refractivity (Wildman–Crippen MR) is 211 cm³/mol. The average Bonchev–Trinajstić information content (AvgIpc) is 3.20. The first-order valence-electron chi connectivity index (χ1n) is 17.1. The first kappa shape index (κ1) is 39.4. The molecular weight excluding hydrogens is 688 g/mol. The molecule has 0 atom stereocenters. The number of benzene rings is 6. The zero-order chi connectivity index (χ0) is 37.8. The van der Waals surface area contributed by atoms with E-state index in [4.69, 9.17) is 31.0 Å². The van der Waals surface area contributed by atoms with E-state index in [1.807, 2.05) is 111 Å². The van der Waals surface area contributed by atoms with Gasteiger partial charge in [-0.05, 0) is 83.8 Å². The lowest BCUT2D eigenvalue weighted by molar-refractivity contribution is -0.122. The highest BCUT2D eigenvalue weighted by molar-refractivity contribution is 6.31. The predicted octanol–water partition coefficient (Wildman–Crippen LogP) is 10.3. The van der Waals surface area contributed by atoms with Crippen LogP contribution in [0.25, 0.3) is 11.1 Å². The Morgan fingerprint density at radius 1 is 0.698 bits per heavy atom. The number of rotatable bonds is 12. The number of anilines is 1. The smallest absolute Gasteiger partial charge is 0.290 e. The maximum atomic E-state index is 13.2. The minimum absolute atomic E-state index is 0.250.